The molecule has 0 fully saturated rings. The fourth-order valence-electron chi connectivity index (χ4n) is 2.51. The minimum Gasteiger partial charge on any atom is -0.308 e. The summed E-state index contributed by atoms with van der Waals surface area (Å²) < 4.78 is 1.13. The molecule has 4 nitrogen and oxygen atoms in total. The van der Waals surface area contributed by atoms with Gasteiger partial charge in [-0.2, -0.15) is 0 Å². The molecule has 3 aromatic rings. The quantitative estimate of drug-likeness (QED) is 0.663. The van der Waals surface area contributed by atoms with Crippen LogP contribution in [0.2, 0.25) is 0 Å². The molecular formula is C19H19N3OS2. The van der Waals surface area contributed by atoms with Gasteiger partial charge in [0.25, 0.3) is 5.91 Å². The Kier molecular flexibility index (Phi) is 5.11. The highest BCUT2D eigenvalue weighted by Crippen LogP contribution is 2.30. The van der Waals surface area contributed by atoms with E-state index >= 15 is 0 Å². The number of fused-ring (bicyclic) bond motifs is 1. The molecule has 0 aliphatic carbocycles. The van der Waals surface area contributed by atoms with Crippen LogP contribution in [0.25, 0.3) is 10.2 Å². The van der Waals surface area contributed by atoms with E-state index in [9.17, 15) is 4.79 Å². The van der Waals surface area contributed by atoms with E-state index in [1.54, 1.807) is 12.1 Å². The number of nitrogens with zero attached hydrogens (tertiary/aromatic N) is 1. The van der Waals surface area contributed by atoms with Gasteiger partial charge < -0.3 is 5.32 Å². The molecule has 128 valence electrons. The van der Waals surface area contributed by atoms with Gasteiger partial charge in [-0.25, -0.2) is 4.98 Å². The Morgan fingerprint density at radius 3 is 2.44 bits per heavy atom. The number of hydrogen-bond donors (Lipinski definition) is 2. The third kappa shape index (κ3) is 3.86. The van der Waals surface area contributed by atoms with Crippen molar-refractivity contribution in [2.24, 2.45) is 0 Å². The van der Waals surface area contributed by atoms with Crippen molar-refractivity contribution in [3.63, 3.8) is 0 Å². The molecule has 0 radical (unpaired) electrons. The van der Waals surface area contributed by atoms with Crippen molar-refractivity contribution in [2.75, 3.05) is 5.32 Å². The minimum absolute atomic E-state index is 0.228. The molecule has 25 heavy (non-hydrogen) atoms. The van der Waals surface area contributed by atoms with Crippen molar-refractivity contribution in [1.29, 1.82) is 0 Å². The van der Waals surface area contributed by atoms with E-state index in [1.807, 2.05) is 19.1 Å². The molecule has 0 saturated heterocycles. The molecule has 0 atom stereocenters. The number of aromatic nitrogens is 1. The highest BCUT2D eigenvalue weighted by atomic mass is 32.1. The van der Waals surface area contributed by atoms with Crippen LogP contribution in [0.4, 0.5) is 5.13 Å². The summed E-state index contributed by atoms with van der Waals surface area (Å²) in [5.41, 5.74) is 5.04. The molecule has 2 aromatic carbocycles. The zero-order chi connectivity index (χ0) is 18.0. The maximum atomic E-state index is 12.3. The second-order valence-corrected chi connectivity index (χ2v) is 7.26. The summed E-state index contributed by atoms with van der Waals surface area (Å²) in [6.45, 7) is 6.17. The zero-order valence-corrected chi connectivity index (χ0v) is 16.0. The summed E-state index contributed by atoms with van der Waals surface area (Å²) in [4.78, 5) is 16.9. The van der Waals surface area contributed by atoms with Crippen molar-refractivity contribution < 1.29 is 4.79 Å². The molecular weight excluding hydrogens is 350 g/mol. The molecule has 0 unspecified atom stereocenters. The molecule has 1 amide bonds. The van der Waals surface area contributed by atoms with E-state index < -0.39 is 0 Å². The lowest BCUT2D eigenvalue weighted by atomic mass is 10.1. The van der Waals surface area contributed by atoms with Gasteiger partial charge in [0.15, 0.2) is 10.2 Å². The number of rotatable bonds is 3. The predicted octanol–water partition coefficient (Wildman–Crippen LogP) is 4.60. The third-order valence-corrected chi connectivity index (χ3v) is 5.32. The van der Waals surface area contributed by atoms with Crippen LogP contribution in [-0.4, -0.2) is 16.0 Å². The van der Waals surface area contributed by atoms with Gasteiger partial charge in [-0.15, -0.1) is 0 Å². The van der Waals surface area contributed by atoms with Gasteiger partial charge in [0, 0.05) is 5.56 Å². The van der Waals surface area contributed by atoms with Gasteiger partial charge in [0.2, 0.25) is 0 Å². The number of carbonyl (C=O) groups excluding carboxylic acids is 1. The van der Waals surface area contributed by atoms with Gasteiger partial charge in [-0.05, 0) is 61.3 Å². The number of thiazole rings is 1. The third-order valence-electron chi connectivity index (χ3n) is 4.01. The first-order chi connectivity index (χ1) is 12.0. The maximum absolute atomic E-state index is 12.3. The van der Waals surface area contributed by atoms with Crippen LogP contribution >= 0.6 is 23.6 Å². The second kappa shape index (κ2) is 7.29. The summed E-state index contributed by atoms with van der Waals surface area (Å²) in [5.74, 6) is -0.228. The number of carbonyl (C=O) groups is 1. The first-order valence-electron chi connectivity index (χ1n) is 8.06. The molecule has 1 heterocycles. The Bertz CT molecular complexity index is 906. The minimum atomic E-state index is -0.228. The zero-order valence-electron chi connectivity index (χ0n) is 14.3. The molecule has 0 saturated carbocycles. The van der Waals surface area contributed by atoms with Crippen molar-refractivity contribution in [3.8, 4) is 0 Å². The van der Waals surface area contributed by atoms with E-state index in [-0.39, 0.29) is 11.0 Å². The molecule has 3 rings (SSSR count). The fraction of sp³-hybridized carbons (Fsp3) is 0.211. The van der Waals surface area contributed by atoms with Crippen molar-refractivity contribution in [3.05, 3.63) is 58.7 Å². The number of amides is 1. The van der Waals surface area contributed by atoms with Gasteiger partial charge in [-0.3, -0.25) is 10.1 Å². The Labute approximate surface area is 156 Å². The van der Waals surface area contributed by atoms with Gasteiger partial charge in [0.1, 0.15) is 0 Å². The molecule has 0 spiro atoms. The maximum Gasteiger partial charge on any atom is 0.257 e. The van der Waals surface area contributed by atoms with E-state index in [1.165, 1.54) is 22.5 Å². The van der Waals surface area contributed by atoms with E-state index in [2.05, 4.69) is 41.6 Å². The van der Waals surface area contributed by atoms with Crippen molar-refractivity contribution >= 4 is 49.9 Å². The largest absolute Gasteiger partial charge is 0.308 e. The number of nitrogens with one attached hydrogen (secondary N) is 2. The average molecular weight is 370 g/mol. The second-order valence-electron chi connectivity index (χ2n) is 5.85. The number of benzene rings is 2. The van der Waals surface area contributed by atoms with Crippen LogP contribution in [0.3, 0.4) is 0 Å². The highest BCUT2D eigenvalue weighted by Gasteiger charge is 2.12. The van der Waals surface area contributed by atoms with Gasteiger partial charge >= 0.3 is 0 Å². The normalized spacial score (nSPS) is 10.7. The monoisotopic (exact) mass is 369 g/mol. The SMILES string of the molecule is CCc1ccc(C(=O)NC(=S)Nc2nc3c(C)ccc(C)c3s2)cc1. The molecule has 0 aliphatic heterocycles. The Balaban J connectivity index is 1.70. The topological polar surface area (TPSA) is 54.0 Å². The summed E-state index contributed by atoms with van der Waals surface area (Å²) in [5, 5.41) is 6.65. The lowest BCUT2D eigenvalue weighted by molar-refractivity contribution is 0.0977. The molecule has 6 heteroatoms. The van der Waals surface area contributed by atoms with Crippen LogP contribution in [-0.2, 0) is 6.42 Å². The van der Waals surface area contributed by atoms with Crippen LogP contribution < -0.4 is 10.6 Å². The Hall–Kier alpha value is -2.31. The lowest BCUT2D eigenvalue weighted by Crippen LogP contribution is -2.34. The van der Waals surface area contributed by atoms with Crippen molar-refractivity contribution in [2.45, 2.75) is 27.2 Å². The molecule has 1 aromatic heterocycles. The smallest absolute Gasteiger partial charge is 0.257 e. The summed E-state index contributed by atoms with van der Waals surface area (Å²) in [6.07, 6.45) is 0.943. The number of hydrogen-bond acceptors (Lipinski definition) is 4. The van der Waals surface area contributed by atoms with E-state index in [0.29, 0.717) is 10.7 Å². The van der Waals surface area contributed by atoms with Gasteiger partial charge in [0.05, 0.1) is 10.2 Å². The number of anilines is 1. The van der Waals surface area contributed by atoms with Crippen LogP contribution in [0, 0.1) is 13.8 Å². The standard InChI is InChI=1S/C19H19N3OS2/c1-4-13-7-9-14(10-8-13)17(23)21-18(24)22-19-20-15-11(2)5-6-12(3)16(15)25-19/h5-10H,4H2,1-3H3,(H2,20,21,22,23,24). The van der Waals surface area contributed by atoms with E-state index in [4.69, 9.17) is 12.2 Å². The van der Waals surface area contributed by atoms with Gasteiger partial charge in [-0.1, -0.05) is 42.5 Å². The summed E-state index contributed by atoms with van der Waals surface area (Å²) in [7, 11) is 0. The number of thiocarbonyl (C=S) groups is 1. The highest BCUT2D eigenvalue weighted by molar-refractivity contribution is 7.80. The fourth-order valence-corrected chi connectivity index (χ4v) is 3.78. The average Bonchev–Trinajstić information content (AvgIpc) is 3.03. The lowest BCUT2D eigenvalue weighted by Gasteiger charge is -2.07. The predicted molar refractivity (Wildman–Crippen MR) is 109 cm³/mol. The molecule has 0 aliphatic rings. The Morgan fingerprint density at radius 1 is 1.12 bits per heavy atom. The van der Waals surface area contributed by atoms with Crippen LogP contribution in [0.15, 0.2) is 36.4 Å². The van der Waals surface area contributed by atoms with E-state index in [0.717, 1.165) is 22.2 Å². The Morgan fingerprint density at radius 2 is 1.80 bits per heavy atom. The number of aryl methyl sites for hydroxylation is 3. The van der Waals surface area contributed by atoms with Crippen molar-refractivity contribution in [1.82, 2.24) is 10.3 Å². The summed E-state index contributed by atoms with van der Waals surface area (Å²) in [6, 6.07) is 11.7. The molecule has 0 bridgehead atoms. The first-order valence-corrected chi connectivity index (χ1v) is 9.28. The van der Waals surface area contributed by atoms with Crippen LogP contribution in [0.1, 0.15) is 34.0 Å². The van der Waals surface area contributed by atoms with Crippen LogP contribution in [0.5, 0.6) is 0 Å². The first kappa shape index (κ1) is 17.5. The summed E-state index contributed by atoms with van der Waals surface area (Å²) >= 11 is 6.79. The molecule has 2 N–H and O–H groups in total.